The molecule has 0 aliphatic carbocycles. The fourth-order valence-electron chi connectivity index (χ4n) is 1.21. The van der Waals surface area contributed by atoms with Crippen molar-refractivity contribution in [2.45, 2.75) is 32.8 Å². The third-order valence-corrected chi connectivity index (χ3v) is 1.73. The second kappa shape index (κ2) is 4.90. The first-order valence-corrected chi connectivity index (χ1v) is 4.34. The largest absolute Gasteiger partial charge is 0.508 e. The maximum Gasteiger partial charge on any atom is 0.508 e. The van der Waals surface area contributed by atoms with Crippen LogP contribution >= 0.6 is 0 Å². The van der Waals surface area contributed by atoms with E-state index in [1.807, 2.05) is 6.92 Å². The lowest BCUT2D eigenvalue weighted by molar-refractivity contribution is -0.000647. The van der Waals surface area contributed by atoms with Crippen LogP contribution in [0.1, 0.15) is 27.2 Å². The molecule has 0 amide bonds. The Morgan fingerprint density at radius 3 is 2.46 bits per heavy atom. The quantitative estimate of drug-likeness (QED) is 0.500. The van der Waals surface area contributed by atoms with Gasteiger partial charge in [0.2, 0.25) is 0 Å². The highest BCUT2D eigenvalue weighted by molar-refractivity contribution is 5.60. The molecule has 0 aromatic heterocycles. The van der Waals surface area contributed by atoms with E-state index in [-0.39, 0.29) is 0 Å². The molecule has 0 spiro atoms. The van der Waals surface area contributed by atoms with Gasteiger partial charge in [-0.15, -0.1) is 0 Å². The number of carbonyl (C=O) groups excluding carboxylic acids is 1. The molecule has 0 aromatic rings. The topological polar surface area (TPSA) is 35.5 Å². The highest BCUT2D eigenvalue weighted by Crippen LogP contribution is 2.22. The first kappa shape index (κ1) is 12.0. The zero-order chi connectivity index (χ0) is 10.5. The maximum absolute atomic E-state index is 10.9. The van der Waals surface area contributed by atoms with Gasteiger partial charge in [-0.2, -0.15) is 0 Å². The molecular weight excluding hydrogens is 168 g/mol. The molecule has 0 fully saturated rings. The summed E-state index contributed by atoms with van der Waals surface area (Å²) in [5.41, 5.74) is -0.624. The Labute approximate surface area is 79.7 Å². The van der Waals surface area contributed by atoms with Crippen molar-refractivity contribution in [2.75, 3.05) is 7.11 Å². The molecule has 3 nitrogen and oxygen atoms in total. The molecular formula is C10H18O3. The van der Waals surface area contributed by atoms with Crippen molar-refractivity contribution < 1.29 is 14.3 Å². The molecule has 0 N–H and O–H groups in total. The van der Waals surface area contributed by atoms with Crippen molar-refractivity contribution in [2.24, 2.45) is 5.92 Å². The Bertz CT molecular complexity index is 187. The van der Waals surface area contributed by atoms with Crippen LogP contribution in [0.5, 0.6) is 0 Å². The van der Waals surface area contributed by atoms with Gasteiger partial charge in [0.25, 0.3) is 0 Å². The van der Waals surface area contributed by atoms with Crippen LogP contribution in [0, 0.1) is 5.92 Å². The number of carbonyl (C=O) groups is 1. The van der Waals surface area contributed by atoms with E-state index in [4.69, 9.17) is 4.74 Å². The van der Waals surface area contributed by atoms with Crippen LogP contribution in [0.3, 0.4) is 0 Å². The zero-order valence-corrected chi connectivity index (χ0v) is 8.79. The molecule has 76 valence electrons. The third-order valence-electron chi connectivity index (χ3n) is 1.73. The van der Waals surface area contributed by atoms with Crippen molar-refractivity contribution >= 4 is 6.16 Å². The summed E-state index contributed by atoms with van der Waals surface area (Å²) in [6.07, 6.45) is 1.71. The molecule has 0 saturated carbocycles. The van der Waals surface area contributed by atoms with Gasteiger partial charge in [-0.25, -0.2) is 4.79 Å². The number of ether oxygens (including phenoxy) is 2. The van der Waals surface area contributed by atoms with Crippen LogP contribution in [0.2, 0.25) is 0 Å². The first-order chi connectivity index (χ1) is 5.93. The molecule has 1 atom stereocenters. The van der Waals surface area contributed by atoms with Crippen LogP contribution < -0.4 is 0 Å². The number of hydrogen-bond acceptors (Lipinski definition) is 3. The maximum atomic E-state index is 10.9. The zero-order valence-electron chi connectivity index (χ0n) is 8.79. The molecule has 0 heterocycles. The predicted molar refractivity (Wildman–Crippen MR) is 51.5 cm³/mol. The van der Waals surface area contributed by atoms with E-state index in [1.165, 1.54) is 7.11 Å². The van der Waals surface area contributed by atoms with Gasteiger partial charge in [0, 0.05) is 0 Å². The monoisotopic (exact) mass is 186 g/mol. The minimum Gasteiger partial charge on any atom is -0.438 e. The lowest BCUT2D eigenvalue weighted by Crippen LogP contribution is -2.30. The van der Waals surface area contributed by atoms with Gasteiger partial charge in [-0.05, 0) is 25.3 Å². The SMILES string of the molecule is C=C[C@@](C)(CC(C)C)OC(=O)OC. The standard InChI is InChI=1S/C10H18O3/c1-6-10(4,7-8(2)3)13-9(11)12-5/h6,8H,1,7H2,2-5H3/t10-/m0/s1. The summed E-state index contributed by atoms with van der Waals surface area (Å²) in [5.74, 6) is 0.438. The molecule has 0 saturated heterocycles. The summed E-state index contributed by atoms with van der Waals surface area (Å²) in [6, 6.07) is 0. The summed E-state index contributed by atoms with van der Waals surface area (Å²) in [4.78, 5) is 10.9. The van der Waals surface area contributed by atoms with Gasteiger partial charge < -0.3 is 9.47 Å². The fourth-order valence-corrected chi connectivity index (χ4v) is 1.21. The van der Waals surface area contributed by atoms with Gasteiger partial charge in [-0.3, -0.25) is 0 Å². The highest BCUT2D eigenvalue weighted by atomic mass is 16.7. The molecule has 0 bridgehead atoms. The normalized spacial score (nSPS) is 14.8. The second-order valence-electron chi connectivity index (χ2n) is 3.67. The van der Waals surface area contributed by atoms with E-state index in [0.29, 0.717) is 5.92 Å². The Kier molecular flexibility index (Phi) is 4.52. The van der Waals surface area contributed by atoms with Crippen molar-refractivity contribution in [1.82, 2.24) is 0 Å². The van der Waals surface area contributed by atoms with E-state index < -0.39 is 11.8 Å². The van der Waals surface area contributed by atoms with Crippen LogP contribution in [0.15, 0.2) is 12.7 Å². The summed E-state index contributed by atoms with van der Waals surface area (Å²) >= 11 is 0. The average molecular weight is 186 g/mol. The minimum absolute atomic E-state index is 0.438. The van der Waals surface area contributed by atoms with E-state index >= 15 is 0 Å². The van der Waals surface area contributed by atoms with E-state index in [2.05, 4.69) is 25.2 Å². The van der Waals surface area contributed by atoms with Crippen molar-refractivity contribution in [3.8, 4) is 0 Å². The minimum atomic E-state index is -0.664. The number of methoxy groups -OCH3 is 1. The van der Waals surface area contributed by atoms with E-state index in [9.17, 15) is 4.79 Å². The molecule has 0 aliphatic heterocycles. The molecule has 13 heavy (non-hydrogen) atoms. The number of hydrogen-bond donors (Lipinski definition) is 0. The second-order valence-corrected chi connectivity index (χ2v) is 3.67. The van der Waals surface area contributed by atoms with Crippen molar-refractivity contribution in [3.63, 3.8) is 0 Å². The van der Waals surface area contributed by atoms with Crippen LogP contribution in [-0.2, 0) is 9.47 Å². The fraction of sp³-hybridized carbons (Fsp3) is 0.700. The van der Waals surface area contributed by atoms with E-state index in [0.717, 1.165) is 6.42 Å². The molecule has 0 unspecified atom stereocenters. The van der Waals surface area contributed by atoms with E-state index in [1.54, 1.807) is 6.08 Å². The van der Waals surface area contributed by atoms with Crippen LogP contribution in [0.4, 0.5) is 4.79 Å². The predicted octanol–water partition coefficient (Wildman–Crippen LogP) is 2.76. The summed E-state index contributed by atoms with van der Waals surface area (Å²) in [6.45, 7) is 9.57. The van der Waals surface area contributed by atoms with Crippen LogP contribution in [0.25, 0.3) is 0 Å². The highest BCUT2D eigenvalue weighted by Gasteiger charge is 2.26. The Morgan fingerprint density at radius 2 is 2.15 bits per heavy atom. The summed E-state index contributed by atoms with van der Waals surface area (Å²) in [7, 11) is 1.29. The molecule has 0 aliphatic rings. The molecule has 3 heteroatoms. The Morgan fingerprint density at radius 1 is 1.62 bits per heavy atom. The van der Waals surface area contributed by atoms with Gasteiger partial charge in [0.05, 0.1) is 7.11 Å². The summed E-state index contributed by atoms with van der Waals surface area (Å²) in [5, 5.41) is 0. The summed E-state index contributed by atoms with van der Waals surface area (Å²) < 4.78 is 9.49. The van der Waals surface area contributed by atoms with Gasteiger partial charge >= 0.3 is 6.16 Å². The molecule has 0 radical (unpaired) electrons. The lowest BCUT2D eigenvalue weighted by atomic mass is 9.94. The Balaban J connectivity index is 4.27. The van der Waals surface area contributed by atoms with Gasteiger partial charge in [0.1, 0.15) is 5.60 Å². The van der Waals surface area contributed by atoms with Gasteiger partial charge in [-0.1, -0.05) is 20.4 Å². The Hall–Kier alpha value is -0.990. The smallest absolute Gasteiger partial charge is 0.438 e. The third kappa shape index (κ3) is 4.55. The molecule has 0 aromatic carbocycles. The average Bonchev–Trinajstić information content (AvgIpc) is 2.02. The number of rotatable bonds is 4. The first-order valence-electron chi connectivity index (χ1n) is 4.34. The van der Waals surface area contributed by atoms with Crippen molar-refractivity contribution in [1.29, 1.82) is 0 Å². The lowest BCUT2D eigenvalue weighted by Gasteiger charge is -2.26. The molecule has 0 rings (SSSR count). The van der Waals surface area contributed by atoms with Crippen molar-refractivity contribution in [3.05, 3.63) is 12.7 Å². The van der Waals surface area contributed by atoms with Gasteiger partial charge in [0.15, 0.2) is 0 Å². The van der Waals surface area contributed by atoms with Crippen LogP contribution in [-0.4, -0.2) is 18.9 Å².